The lowest BCUT2D eigenvalue weighted by Gasteiger charge is -2.13. The number of nitrogens with zero attached hydrogens (tertiary/aromatic N) is 3. The lowest BCUT2D eigenvalue weighted by molar-refractivity contribution is 0.650. The van der Waals surface area contributed by atoms with E-state index in [1.165, 1.54) is 0 Å². The van der Waals surface area contributed by atoms with Gasteiger partial charge in [0.15, 0.2) is 0 Å². The highest BCUT2D eigenvalue weighted by Gasteiger charge is 2.16. The minimum atomic E-state index is -0.218. The molecular weight excluding hydrogens is 383 g/mol. The Kier molecular flexibility index (Phi) is 3.60. The second-order valence-electron chi connectivity index (χ2n) is 3.43. The predicted octanol–water partition coefficient (Wildman–Crippen LogP) is 2.23. The van der Waals surface area contributed by atoms with Gasteiger partial charge in [0.2, 0.25) is 0 Å². The van der Waals surface area contributed by atoms with Crippen LogP contribution in [0.5, 0.6) is 0 Å². The SMILES string of the molecule is Cn1nncc1C(N)c1cc(I)ccc1Br. The van der Waals surface area contributed by atoms with Gasteiger partial charge in [-0.1, -0.05) is 21.1 Å². The van der Waals surface area contributed by atoms with E-state index < -0.39 is 0 Å². The molecule has 2 rings (SSSR count). The van der Waals surface area contributed by atoms with Crippen molar-refractivity contribution in [1.82, 2.24) is 15.0 Å². The van der Waals surface area contributed by atoms with Crippen LogP contribution in [0.2, 0.25) is 0 Å². The summed E-state index contributed by atoms with van der Waals surface area (Å²) in [6.45, 7) is 0. The minimum Gasteiger partial charge on any atom is -0.319 e. The number of rotatable bonds is 2. The number of benzene rings is 1. The monoisotopic (exact) mass is 392 g/mol. The first kappa shape index (κ1) is 12.0. The normalized spacial score (nSPS) is 12.8. The van der Waals surface area contributed by atoms with Gasteiger partial charge >= 0.3 is 0 Å². The standard InChI is InChI=1S/C10H10BrIN4/c1-16-9(5-14-15-16)10(13)7-4-6(12)2-3-8(7)11/h2-5,10H,13H2,1H3. The molecule has 1 aromatic carbocycles. The third-order valence-corrected chi connectivity index (χ3v) is 3.75. The van der Waals surface area contributed by atoms with Crippen LogP contribution in [0, 0.1) is 3.57 Å². The maximum atomic E-state index is 6.20. The zero-order chi connectivity index (χ0) is 11.7. The Morgan fingerprint density at radius 1 is 1.50 bits per heavy atom. The molecule has 0 aliphatic heterocycles. The number of hydrogen-bond acceptors (Lipinski definition) is 3. The summed E-state index contributed by atoms with van der Waals surface area (Å²) < 4.78 is 3.85. The summed E-state index contributed by atoms with van der Waals surface area (Å²) in [5, 5.41) is 7.72. The zero-order valence-corrected chi connectivity index (χ0v) is 12.3. The van der Waals surface area contributed by atoms with Crippen LogP contribution >= 0.6 is 38.5 Å². The molecule has 4 nitrogen and oxygen atoms in total. The molecule has 0 amide bonds. The smallest absolute Gasteiger partial charge is 0.0796 e. The number of aryl methyl sites for hydroxylation is 1. The molecule has 6 heteroatoms. The van der Waals surface area contributed by atoms with Crippen LogP contribution in [-0.2, 0) is 7.05 Å². The Morgan fingerprint density at radius 2 is 2.25 bits per heavy atom. The third-order valence-electron chi connectivity index (χ3n) is 2.36. The average Bonchev–Trinajstić information content (AvgIpc) is 2.67. The molecule has 2 aromatic rings. The molecule has 1 aromatic heterocycles. The van der Waals surface area contributed by atoms with Gasteiger partial charge in [-0.25, -0.2) is 0 Å². The van der Waals surface area contributed by atoms with E-state index in [1.807, 2.05) is 19.2 Å². The van der Waals surface area contributed by atoms with Crippen molar-refractivity contribution in [2.45, 2.75) is 6.04 Å². The molecule has 0 aliphatic rings. The number of aromatic nitrogens is 3. The molecular formula is C10H10BrIN4. The van der Waals surface area contributed by atoms with Crippen LogP contribution < -0.4 is 5.73 Å². The van der Waals surface area contributed by atoms with Gasteiger partial charge in [-0.2, -0.15) is 0 Å². The first-order valence-corrected chi connectivity index (χ1v) is 6.52. The van der Waals surface area contributed by atoms with Crippen LogP contribution in [0.25, 0.3) is 0 Å². The Bertz CT molecular complexity index is 511. The fourth-order valence-electron chi connectivity index (χ4n) is 1.49. The molecule has 16 heavy (non-hydrogen) atoms. The van der Waals surface area contributed by atoms with E-state index in [9.17, 15) is 0 Å². The Hall–Kier alpha value is -0.470. The van der Waals surface area contributed by atoms with Crippen LogP contribution in [-0.4, -0.2) is 15.0 Å². The maximum Gasteiger partial charge on any atom is 0.0796 e. The fourth-order valence-corrected chi connectivity index (χ4v) is 2.50. The van der Waals surface area contributed by atoms with Crippen molar-refractivity contribution < 1.29 is 0 Å². The van der Waals surface area contributed by atoms with Crippen molar-refractivity contribution in [2.75, 3.05) is 0 Å². The summed E-state index contributed by atoms with van der Waals surface area (Å²) >= 11 is 5.78. The zero-order valence-electron chi connectivity index (χ0n) is 8.56. The van der Waals surface area contributed by atoms with E-state index in [4.69, 9.17) is 5.73 Å². The number of nitrogens with two attached hydrogens (primary N) is 1. The molecule has 0 aliphatic carbocycles. The van der Waals surface area contributed by atoms with Crippen molar-refractivity contribution in [2.24, 2.45) is 12.8 Å². The van der Waals surface area contributed by atoms with Crippen molar-refractivity contribution in [3.8, 4) is 0 Å². The largest absolute Gasteiger partial charge is 0.319 e. The highest BCUT2D eigenvalue weighted by Crippen LogP contribution is 2.27. The molecule has 2 N–H and O–H groups in total. The van der Waals surface area contributed by atoms with Crippen molar-refractivity contribution in [1.29, 1.82) is 0 Å². The first-order chi connectivity index (χ1) is 7.59. The minimum absolute atomic E-state index is 0.218. The topological polar surface area (TPSA) is 56.7 Å². The van der Waals surface area contributed by atoms with E-state index in [2.05, 4.69) is 54.9 Å². The van der Waals surface area contributed by atoms with Crippen molar-refractivity contribution >= 4 is 38.5 Å². The van der Waals surface area contributed by atoms with Gasteiger partial charge in [0.25, 0.3) is 0 Å². The molecule has 0 saturated carbocycles. The van der Waals surface area contributed by atoms with E-state index in [0.29, 0.717) is 0 Å². The lowest BCUT2D eigenvalue weighted by Crippen LogP contribution is -2.16. The fraction of sp³-hybridized carbons (Fsp3) is 0.200. The maximum absolute atomic E-state index is 6.20. The lowest BCUT2D eigenvalue weighted by atomic mass is 10.1. The van der Waals surface area contributed by atoms with E-state index in [1.54, 1.807) is 10.9 Å². The summed E-state index contributed by atoms with van der Waals surface area (Å²) in [5.74, 6) is 0. The highest BCUT2D eigenvalue weighted by atomic mass is 127. The van der Waals surface area contributed by atoms with E-state index >= 15 is 0 Å². The molecule has 1 atom stereocenters. The molecule has 1 unspecified atom stereocenters. The Morgan fingerprint density at radius 3 is 2.88 bits per heavy atom. The average molecular weight is 393 g/mol. The first-order valence-electron chi connectivity index (χ1n) is 4.64. The highest BCUT2D eigenvalue weighted by molar-refractivity contribution is 14.1. The van der Waals surface area contributed by atoms with Gasteiger partial charge in [0.1, 0.15) is 0 Å². The van der Waals surface area contributed by atoms with Gasteiger partial charge in [-0.3, -0.25) is 4.68 Å². The Balaban J connectivity index is 2.45. The number of halogens is 2. The van der Waals surface area contributed by atoms with Gasteiger partial charge in [0.05, 0.1) is 17.9 Å². The second-order valence-corrected chi connectivity index (χ2v) is 5.53. The second kappa shape index (κ2) is 4.80. The van der Waals surface area contributed by atoms with Crippen molar-refractivity contribution in [3.63, 3.8) is 0 Å². The van der Waals surface area contributed by atoms with Gasteiger partial charge in [-0.15, -0.1) is 5.10 Å². The molecule has 0 radical (unpaired) electrons. The molecule has 0 fully saturated rings. The van der Waals surface area contributed by atoms with Gasteiger partial charge < -0.3 is 5.73 Å². The summed E-state index contributed by atoms with van der Waals surface area (Å²) in [4.78, 5) is 0. The Labute approximate surface area is 115 Å². The molecule has 84 valence electrons. The van der Waals surface area contributed by atoms with Crippen LogP contribution in [0.15, 0.2) is 28.9 Å². The summed E-state index contributed by atoms with van der Waals surface area (Å²) in [6, 6.07) is 5.87. The quantitative estimate of drug-likeness (QED) is 0.797. The van der Waals surface area contributed by atoms with E-state index in [0.717, 1.165) is 19.3 Å². The molecule has 0 spiro atoms. The number of hydrogen-bond donors (Lipinski definition) is 1. The predicted molar refractivity (Wildman–Crippen MR) is 73.9 cm³/mol. The molecule has 0 saturated heterocycles. The molecule has 0 bridgehead atoms. The van der Waals surface area contributed by atoms with Gasteiger partial charge in [0, 0.05) is 15.1 Å². The van der Waals surface area contributed by atoms with Crippen LogP contribution in [0.1, 0.15) is 17.3 Å². The van der Waals surface area contributed by atoms with Crippen molar-refractivity contribution in [3.05, 3.63) is 43.7 Å². The van der Waals surface area contributed by atoms with Crippen LogP contribution in [0.3, 0.4) is 0 Å². The van der Waals surface area contributed by atoms with E-state index in [-0.39, 0.29) is 6.04 Å². The summed E-state index contributed by atoms with van der Waals surface area (Å²) in [5.41, 5.74) is 8.13. The van der Waals surface area contributed by atoms with Gasteiger partial charge in [-0.05, 0) is 46.4 Å². The molecule has 1 heterocycles. The third kappa shape index (κ3) is 2.28. The summed E-state index contributed by atoms with van der Waals surface area (Å²) in [7, 11) is 1.84. The summed E-state index contributed by atoms with van der Waals surface area (Å²) in [6.07, 6.45) is 1.69. The van der Waals surface area contributed by atoms with Crippen LogP contribution in [0.4, 0.5) is 0 Å².